The van der Waals surface area contributed by atoms with Crippen LogP contribution in [0.3, 0.4) is 0 Å². The second-order valence-corrected chi connectivity index (χ2v) is 10.4. The number of carbonyl (C=O) groups is 2. The Morgan fingerprint density at radius 2 is 1.83 bits per heavy atom. The molecule has 1 amide bonds. The summed E-state index contributed by atoms with van der Waals surface area (Å²) < 4.78 is 22.5. The van der Waals surface area contributed by atoms with Crippen LogP contribution >= 0.6 is 0 Å². The van der Waals surface area contributed by atoms with Gasteiger partial charge >= 0.3 is 12.1 Å². The maximum atomic E-state index is 12.3. The van der Waals surface area contributed by atoms with Crippen molar-refractivity contribution in [2.24, 2.45) is 0 Å². The van der Waals surface area contributed by atoms with Gasteiger partial charge in [-0.05, 0) is 90.3 Å². The van der Waals surface area contributed by atoms with Gasteiger partial charge in [0.1, 0.15) is 11.4 Å². The molecule has 0 unspecified atom stereocenters. The van der Waals surface area contributed by atoms with E-state index in [0.29, 0.717) is 19.1 Å². The van der Waals surface area contributed by atoms with Gasteiger partial charge in [-0.3, -0.25) is 0 Å². The third-order valence-corrected chi connectivity index (χ3v) is 6.48. The number of alkyl carbamates (subject to hydrolysis) is 1. The minimum absolute atomic E-state index is 0.00152. The summed E-state index contributed by atoms with van der Waals surface area (Å²) in [6.45, 7) is 9.16. The highest BCUT2D eigenvalue weighted by molar-refractivity contribution is 5.71. The number of para-hydroxylation sites is 1. The first-order valence-electron chi connectivity index (χ1n) is 13.0. The molecule has 2 aliphatic rings. The molecule has 2 atom stereocenters. The van der Waals surface area contributed by atoms with E-state index in [1.807, 2.05) is 39.0 Å². The Morgan fingerprint density at radius 1 is 1.09 bits per heavy atom. The monoisotopic (exact) mass is 490 g/mol. The van der Waals surface area contributed by atoms with Crippen molar-refractivity contribution in [3.63, 3.8) is 0 Å². The molecule has 8 heteroatoms. The van der Waals surface area contributed by atoms with Crippen molar-refractivity contribution < 1.29 is 28.5 Å². The first kappa shape index (κ1) is 27.3. The second-order valence-electron chi connectivity index (χ2n) is 10.4. The Bertz CT molecular complexity index is 816. The number of rotatable bonds is 9. The van der Waals surface area contributed by atoms with Crippen molar-refractivity contribution in [2.75, 3.05) is 26.4 Å². The van der Waals surface area contributed by atoms with E-state index >= 15 is 0 Å². The lowest BCUT2D eigenvalue weighted by Gasteiger charge is -2.36. The van der Waals surface area contributed by atoms with Gasteiger partial charge in [-0.1, -0.05) is 18.2 Å². The number of hydrogen-bond donors (Lipinski definition) is 2. The molecule has 1 aliphatic carbocycles. The average molecular weight is 491 g/mol. The number of benzene rings is 1. The summed E-state index contributed by atoms with van der Waals surface area (Å²) >= 11 is 0. The van der Waals surface area contributed by atoms with Crippen LogP contribution in [0.1, 0.15) is 77.7 Å². The zero-order valence-corrected chi connectivity index (χ0v) is 21.6. The molecule has 2 fully saturated rings. The van der Waals surface area contributed by atoms with Gasteiger partial charge in [0.25, 0.3) is 0 Å². The van der Waals surface area contributed by atoms with E-state index in [1.165, 1.54) is 0 Å². The molecule has 1 aromatic carbocycles. The zero-order chi connectivity index (χ0) is 25.3. The van der Waals surface area contributed by atoms with Crippen molar-refractivity contribution in [1.29, 1.82) is 0 Å². The van der Waals surface area contributed by atoms with Crippen molar-refractivity contribution in [1.82, 2.24) is 10.6 Å². The fourth-order valence-electron chi connectivity index (χ4n) is 4.83. The molecule has 0 radical (unpaired) electrons. The predicted octanol–water partition coefficient (Wildman–Crippen LogP) is 4.32. The van der Waals surface area contributed by atoms with Crippen LogP contribution in [0.4, 0.5) is 4.79 Å². The molecule has 1 heterocycles. The fourth-order valence-corrected chi connectivity index (χ4v) is 4.83. The van der Waals surface area contributed by atoms with Crippen LogP contribution in [0, 0.1) is 0 Å². The summed E-state index contributed by atoms with van der Waals surface area (Å²) in [4.78, 5) is 23.9. The number of esters is 1. The van der Waals surface area contributed by atoms with Crippen molar-refractivity contribution >= 4 is 12.1 Å². The van der Waals surface area contributed by atoms with E-state index in [2.05, 4.69) is 16.7 Å². The molecular formula is C27H42N2O6. The van der Waals surface area contributed by atoms with Crippen LogP contribution in [0.5, 0.6) is 5.75 Å². The Morgan fingerprint density at radius 3 is 2.54 bits per heavy atom. The summed E-state index contributed by atoms with van der Waals surface area (Å²) in [6, 6.07) is 8.03. The molecular weight excluding hydrogens is 448 g/mol. The van der Waals surface area contributed by atoms with Crippen molar-refractivity contribution in [3.05, 3.63) is 29.8 Å². The van der Waals surface area contributed by atoms with E-state index < -0.39 is 5.60 Å². The first-order valence-corrected chi connectivity index (χ1v) is 13.0. The molecule has 0 aromatic heterocycles. The summed E-state index contributed by atoms with van der Waals surface area (Å²) in [6.07, 6.45) is 5.69. The van der Waals surface area contributed by atoms with Crippen molar-refractivity contribution in [3.8, 4) is 5.75 Å². The van der Waals surface area contributed by atoms with Crippen LogP contribution in [0.2, 0.25) is 0 Å². The molecule has 0 spiro atoms. The topological polar surface area (TPSA) is 95.1 Å². The SMILES string of the molecule is CCOC(=O)COc1ccccc1C1CCC(OC[C@H]2NCCC[C@@H]2NC(=O)OC(C)(C)C)CC1. The third kappa shape index (κ3) is 9.00. The van der Waals surface area contributed by atoms with Gasteiger partial charge in [0.05, 0.1) is 25.4 Å². The molecule has 35 heavy (non-hydrogen) atoms. The predicted molar refractivity (Wildman–Crippen MR) is 134 cm³/mol. The van der Waals surface area contributed by atoms with Crippen LogP contribution in [0.25, 0.3) is 0 Å². The Labute approximate surface area is 209 Å². The number of carbonyl (C=O) groups excluding carboxylic acids is 2. The summed E-state index contributed by atoms with van der Waals surface area (Å²) in [5, 5.41) is 6.53. The highest BCUT2D eigenvalue weighted by Crippen LogP contribution is 2.38. The van der Waals surface area contributed by atoms with Crippen LogP contribution < -0.4 is 15.4 Å². The van der Waals surface area contributed by atoms with Crippen LogP contribution in [-0.2, 0) is 19.0 Å². The highest BCUT2D eigenvalue weighted by Gasteiger charge is 2.30. The quantitative estimate of drug-likeness (QED) is 0.498. The van der Waals surface area contributed by atoms with Gasteiger partial charge in [0.2, 0.25) is 0 Å². The first-order chi connectivity index (χ1) is 16.7. The highest BCUT2D eigenvalue weighted by atomic mass is 16.6. The Hall–Kier alpha value is -2.32. The van der Waals surface area contributed by atoms with Gasteiger partial charge in [-0.15, -0.1) is 0 Å². The lowest BCUT2D eigenvalue weighted by molar-refractivity contribution is -0.145. The standard InChI is InChI=1S/C27H42N2O6/c1-5-32-25(30)18-34-24-11-7-6-9-21(24)19-12-14-20(15-13-19)33-17-23-22(10-8-16-28-23)29-26(31)35-27(2,3)4/h6-7,9,11,19-20,22-23,28H,5,8,10,12-18H2,1-4H3,(H,29,31)/t19?,20?,22-,23+/m0/s1. The fraction of sp³-hybridized carbons (Fsp3) is 0.704. The maximum absolute atomic E-state index is 12.3. The van der Waals surface area contributed by atoms with Gasteiger partial charge in [0, 0.05) is 6.04 Å². The summed E-state index contributed by atoms with van der Waals surface area (Å²) in [5.74, 6) is 0.783. The normalized spacial score (nSPS) is 24.9. The number of hydrogen-bond acceptors (Lipinski definition) is 7. The molecule has 3 rings (SSSR count). The third-order valence-electron chi connectivity index (χ3n) is 6.48. The Kier molecular flexibility index (Phi) is 10.2. The average Bonchev–Trinajstić information content (AvgIpc) is 2.82. The number of amides is 1. The minimum atomic E-state index is -0.515. The van der Waals surface area contributed by atoms with Gasteiger partial charge in [-0.25, -0.2) is 9.59 Å². The zero-order valence-electron chi connectivity index (χ0n) is 21.6. The summed E-state index contributed by atoms with van der Waals surface area (Å²) in [5.41, 5.74) is 0.630. The number of nitrogens with one attached hydrogen (secondary N) is 2. The number of piperidine rings is 1. The Balaban J connectivity index is 1.46. The number of ether oxygens (including phenoxy) is 4. The van der Waals surface area contributed by atoms with E-state index in [9.17, 15) is 9.59 Å². The lowest BCUT2D eigenvalue weighted by Crippen LogP contribution is -2.56. The molecule has 1 saturated heterocycles. The molecule has 196 valence electrons. The van der Waals surface area contributed by atoms with Gasteiger partial charge in [-0.2, -0.15) is 0 Å². The second kappa shape index (κ2) is 13.1. The largest absolute Gasteiger partial charge is 0.482 e. The smallest absolute Gasteiger partial charge is 0.407 e. The molecule has 2 N–H and O–H groups in total. The van der Waals surface area contributed by atoms with Crippen LogP contribution in [-0.4, -0.2) is 62.2 Å². The van der Waals surface area contributed by atoms with Crippen LogP contribution in [0.15, 0.2) is 24.3 Å². The molecule has 0 bridgehead atoms. The molecule has 1 aliphatic heterocycles. The van der Waals surface area contributed by atoms with E-state index in [-0.39, 0.29) is 36.9 Å². The molecule has 1 saturated carbocycles. The van der Waals surface area contributed by atoms with Gasteiger partial charge < -0.3 is 29.6 Å². The van der Waals surface area contributed by atoms with E-state index in [0.717, 1.165) is 56.4 Å². The minimum Gasteiger partial charge on any atom is -0.482 e. The molecule has 8 nitrogen and oxygen atoms in total. The van der Waals surface area contributed by atoms with Crippen molar-refractivity contribution in [2.45, 2.75) is 95.9 Å². The lowest BCUT2D eigenvalue weighted by atomic mass is 9.82. The summed E-state index contributed by atoms with van der Waals surface area (Å²) in [7, 11) is 0. The van der Waals surface area contributed by atoms with E-state index in [4.69, 9.17) is 18.9 Å². The van der Waals surface area contributed by atoms with Gasteiger partial charge in [0.15, 0.2) is 6.61 Å². The molecule has 1 aromatic rings. The maximum Gasteiger partial charge on any atom is 0.407 e. The van der Waals surface area contributed by atoms with E-state index in [1.54, 1.807) is 6.92 Å².